The fraction of sp³-hybridized carbons (Fsp3) is 0.300. The highest BCUT2D eigenvalue weighted by Crippen LogP contribution is 2.36. The zero-order valence-electron chi connectivity index (χ0n) is 6.56. The maximum absolute atomic E-state index is 13.1. The number of hydrogen-bond acceptors (Lipinski definition) is 0. The molecule has 1 atom stereocenters. The quantitative estimate of drug-likeness (QED) is 0.603. The van der Waals surface area contributed by atoms with Crippen LogP contribution in [0, 0.1) is 18.1 Å². The maximum Gasteiger partial charge on any atom is 0.129 e. The van der Waals surface area contributed by atoms with Crippen LogP contribution in [0.25, 0.3) is 0 Å². The molecule has 0 aliphatic heterocycles. The van der Waals surface area contributed by atoms with Crippen LogP contribution < -0.4 is 0 Å². The lowest BCUT2D eigenvalue weighted by Gasteiger charge is -2.25. The Hall–Kier alpha value is -0.920. The van der Waals surface area contributed by atoms with E-state index in [0.29, 0.717) is 5.56 Å². The monoisotopic (exact) mass is 167 g/mol. The van der Waals surface area contributed by atoms with Crippen LogP contribution in [0.2, 0.25) is 0 Å². The molecule has 1 aromatic carbocycles. The van der Waals surface area contributed by atoms with Crippen molar-refractivity contribution in [2.75, 3.05) is 0 Å². The Morgan fingerprint density at radius 1 is 1.25 bits per heavy atom. The van der Waals surface area contributed by atoms with Crippen LogP contribution in [0.3, 0.4) is 0 Å². The minimum Gasteiger partial charge on any atom is -0.207 e. The van der Waals surface area contributed by atoms with E-state index in [9.17, 15) is 8.78 Å². The third kappa shape index (κ3) is 1.22. The predicted molar refractivity (Wildman–Crippen MR) is 42.6 cm³/mol. The van der Waals surface area contributed by atoms with Crippen molar-refractivity contribution in [1.82, 2.24) is 0 Å². The smallest absolute Gasteiger partial charge is 0.129 e. The van der Waals surface area contributed by atoms with E-state index in [1.165, 1.54) is 12.1 Å². The minimum atomic E-state index is -0.504. The van der Waals surface area contributed by atoms with Gasteiger partial charge in [0, 0.05) is 6.07 Å². The zero-order valence-corrected chi connectivity index (χ0v) is 6.56. The standard InChI is InChI=1S/C10H9F2/c11-8-4-5-9(10(12)6-8)7-2-1-3-7/h2,4-7H,1,3H2. The van der Waals surface area contributed by atoms with Crippen molar-refractivity contribution in [3.05, 3.63) is 41.8 Å². The Bertz CT molecular complexity index is 290. The highest BCUT2D eigenvalue weighted by molar-refractivity contribution is 5.27. The van der Waals surface area contributed by atoms with Crippen molar-refractivity contribution in [3.63, 3.8) is 0 Å². The molecular weight excluding hydrogens is 158 g/mol. The van der Waals surface area contributed by atoms with Gasteiger partial charge < -0.3 is 0 Å². The van der Waals surface area contributed by atoms with Gasteiger partial charge in [-0.15, -0.1) is 0 Å². The van der Waals surface area contributed by atoms with Crippen molar-refractivity contribution in [2.24, 2.45) is 0 Å². The summed E-state index contributed by atoms with van der Waals surface area (Å²) in [5.41, 5.74) is 0.627. The average molecular weight is 167 g/mol. The molecule has 2 rings (SSSR count). The molecule has 1 saturated carbocycles. The summed E-state index contributed by atoms with van der Waals surface area (Å²) in [6, 6.07) is 3.79. The SMILES string of the molecule is Fc1ccc(C2[CH]CC2)c(F)c1. The summed E-state index contributed by atoms with van der Waals surface area (Å²) in [5, 5.41) is 0. The van der Waals surface area contributed by atoms with E-state index in [0.717, 1.165) is 18.9 Å². The maximum atomic E-state index is 13.1. The highest BCUT2D eigenvalue weighted by atomic mass is 19.1. The third-order valence-electron chi connectivity index (χ3n) is 2.29. The Kier molecular flexibility index (Phi) is 1.83. The van der Waals surface area contributed by atoms with Crippen LogP contribution in [0.15, 0.2) is 18.2 Å². The van der Waals surface area contributed by atoms with Crippen molar-refractivity contribution in [2.45, 2.75) is 18.8 Å². The largest absolute Gasteiger partial charge is 0.207 e. The molecule has 1 radical (unpaired) electrons. The molecule has 0 N–H and O–H groups in total. The van der Waals surface area contributed by atoms with Crippen LogP contribution >= 0.6 is 0 Å². The van der Waals surface area contributed by atoms with Gasteiger partial charge in [-0.05, 0) is 36.8 Å². The second kappa shape index (κ2) is 2.85. The van der Waals surface area contributed by atoms with Gasteiger partial charge in [-0.3, -0.25) is 0 Å². The van der Waals surface area contributed by atoms with Crippen molar-refractivity contribution in [3.8, 4) is 0 Å². The lowest BCUT2D eigenvalue weighted by molar-refractivity contribution is 0.506. The fourth-order valence-corrected chi connectivity index (χ4v) is 1.42. The lowest BCUT2D eigenvalue weighted by atomic mass is 9.80. The van der Waals surface area contributed by atoms with Crippen LogP contribution in [0.5, 0.6) is 0 Å². The minimum absolute atomic E-state index is 0.214. The van der Waals surface area contributed by atoms with Crippen LogP contribution in [0.4, 0.5) is 8.78 Å². The molecule has 0 amide bonds. The van der Waals surface area contributed by atoms with E-state index in [2.05, 4.69) is 6.42 Å². The van der Waals surface area contributed by atoms with Crippen LogP contribution in [-0.4, -0.2) is 0 Å². The topological polar surface area (TPSA) is 0 Å². The summed E-state index contributed by atoms with van der Waals surface area (Å²) < 4.78 is 25.5. The van der Waals surface area contributed by atoms with Crippen LogP contribution in [-0.2, 0) is 0 Å². The second-order valence-electron chi connectivity index (χ2n) is 3.09. The van der Waals surface area contributed by atoms with Gasteiger partial charge in [0.1, 0.15) is 11.6 Å². The summed E-state index contributed by atoms with van der Waals surface area (Å²) in [4.78, 5) is 0. The molecule has 0 bridgehead atoms. The molecule has 0 spiro atoms. The third-order valence-corrected chi connectivity index (χ3v) is 2.29. The molecule has 1 aliphatic carbocycles. The highest BCUT2D eigenvalue weighted by Gasteiger charge is 2.22. The van der Waals surface area contributed by atoms with Crippen LogP contribution in [0.1, 0.15) is 24.3 Å². The fourth-order valence-electron chi connectivity index (χ4n) is 1.42. The first-order chi connectivity index (χ1) is 5.77. The molecule has 0 aromatic heterocycles. The van der Waals surface area contributed by atoms with Gasteiger partial charge >= 0.3 is 0 Å². The molecule has 0 saturated heterocycles. The van der Waals surface area contributed by atoms with Gasteiger partial charge in [-0.2, -0.15) is 0 Å². The molecule has 1 aliphatic rings. The molecule has 0 nitrogen and oxygen atoms in total. The molecule has 0 heterocycles. The van der Waals surface area contributed by atoms with E-state index in [-0.39, 0.29) is 5.92 Å². The molecule has 2 heteroatoms. The van der Waals surface area contributed by atoms with E-state index >= 15 is 0 Å². The van der Waals surface area contributed by atoms with E-state index < -0.39 is 11.6 Å². The Morgan fingerprint density at radius 3 is 2.50 bits per heavy atom. The zero-order chi connectivity index (χ0) is 8.55. The Labute approximate surface area is 70.2 Å². The normalized spacial score (nSPS) is 17.5. The van der Waals surface area contributed by atoms with Gasteiger partial charge in [0.15, 0.2) is 0 Å². The molecule has 1 aromatic rings. The van der Waals surface area contributed by atoms with Gasteiger partial charge in [-0.25, -0.2) is 8.78 Å². The molecule has 63 valence electrons. The summed E-state index contributed by atoms with van der Waals surface area (Å²) in [6.45, 7) is 0. The Morgan fingerprint density at radius 2 is 2.00 bits per heavy atom. The summed E-state index contributed by atoms with van der Waals surface area (Å²) in [5.74, 6) is -0.711. The van der Waals surface area contributed by atoms with Crippen molar-refractivity contribution >= 4 is 0 Å². The molecule has 12 heavy (non-hydrogen) atoms. The van der Waals surface area contributed by atoms with Gasteiger partial charge in [0.05, 0.1) is 0 Å². The van der Waals surface area contributed by atoms with Gasteiger partial charge in [0.25, 0.3) is 0 Å². The summed E-state index contributed by atoms with van der Waals surface area (Å²) >= 11 is 0. The first kappa shape index (κ1) is 7.71. The molecule has 1 unspecified atom stereocenters. The van der Waals surface area contributed by atoms with E-state index in [1.54, 1.807) is 0 Å². The number of hydrogen-bond donors (Lipinski definition) is 0. The molecule has 1 fully saturated rings. The number of halogens is 2. The Balaban J connectivity index is 2.31. The van der Waals surface area contributed by atoms with E-state index in [4.69, 9.17) is 0 Å². The lowest BCUT2D eigenvalue weighted by Crippen LogP contribution is -2.11. The van der Waals surface area contributed by atoms with Gasteiger partial charge in [-0.1, -0.05) is 6.07 Å². The predicted octanol–water partition coefficient (Wildman–Crippen LogP) is 3.05. The van der Waals surface area contributed by atoms with E-state index in [1.807, 2.05) is 0 Å². The van der Waals surface area contributed by atoms with Crippen molar-refractivity contribution < 1.29 is 8.78 Å². The number of benzene rings is 1. The second-order valence-corrected chi connectivity index (χ2v) is 3.09. The average Bonchev–Trinajstić information content (AvgIpc) is 1.91. The number of rotatable bonds is 1. The van der Waals surface area contributed by atoms with Crippen molar-refractivity contribution in [1.29, 1.82) is 0 Å². The summed E-state index contributed by atoms with van der Waals surface area (Å²) in [7, 11) is 0. The van der Waals surface area contributed by atoms with Gasteiger partial charge in [0.2, 0.25) is 0 Å². The first-order valence-electron chi connectivity index (χ1n) is 4.05. The summed E-state index contributed by atoms with van der Waals surface area (Å²) in [6.07, 6.45) is 4.08. The molecular formula is C10H9F2. The first-order valence-corrected chi connectivity index (χ1v) is 4.05.